The summed E-state index contributed by atoms with van der Waals surface area (Å²) in [5, 5.41) is 5.56. The molecule has 240 valence electrons. The molecule has 0 saturated carbocycles. The van der Waals surface area contributed by atoms with Gasteiger partial charge in [0.05, 0.1) is 10.9 Å². The fourth-order valence-corrected chi connectivity index (χ4v) is 6.99. The maximum atomic E-state index is 12.8. The van der Waals surface area contributed by atoms with Gasteiger partial charge in [0, 0.05) is 53.8 Å². The molecule has 1 aromatic heterocycles. The van der Waals surface area contributed by atoms with Crippen LogP contribution in [0.1, 0.15) is 73.1 Å². The van der Waals surface area contributed by atoms with E-state index in [2.05, 4.69) is 71.1 Å². The predicted octanol–water partition coefficient (Wildman–Crippen LogP) is 5.11. The Hall–Kier alpha value is -2.34. The van der Waals surface area contributed by atoms with E-state index < -0.39 is 6.03 Å². The zero-order valence-corrected chi connectivity index (χ0v) is 27.9. The summed E-state index contributed by atoms with van der Waals surface area (Å²) in [6, 6.07) is 3.87. The fraction of sp³-hybridized carbons (Fsp3) is 0.677. The highest BCUT2D eigenvalue weighted by Crippen LogP contribution is 2.38. The lowest BCUT2D eigenvalue weighted by Crippen LogP contribution is -2.50. The minimum absolute atomic E-state index is 0.125. The van der Waals surface area contributed by atoms with Crippen molar-refractivity contribution in [3.8, 4) is 0 Å². The van der Waals surface area contributed by atoms with Gasteiger partial charge in [-0.15, -0.1) is 11.8 Å². The summed E-state index contributed by atoms with van der Waals surface area (Å²) in [7, 11) is 0. The number of nitrogens with two attached hydrogens (primary N) is 1. The van der Waals surface area contributed by atoms with Gasteiger partial charge in [0.25, 0.3) is 0 Å². The van der Waals surface area contributed by atoms with Gasteiger partial charge in [-0.05, 0) is 91.6 Å². The van der Waals surface area contributed by atoms with Crippen molar-refractivity contribution in [1.29, 1.82) is 0 Å². The van der Waals surface area contributed by atoms with Gasteiger partial charge in [-0.2, -0.15) is 0 Å². The maximum Gasteiger partial charge on any atom is 0.327 e. The first-order chi connectivity index (χ1) is 20.5. The molecule has 0 spiro atoms. The minimum Gasteiger partial charge on any atom is -0.369 e. The summed E-state index contributed by atoms with van der Waals surface area (Å²) >= 11 is 7.69. The molecule has 1 aromatic rings. The van der Waals surface area contributed by atoms with Crippen molar-refractivity contribution in [2.75, 3.05) is 37.4 Å². The molecule has 2 saturated heterocycles. The Morgan fingerprint density at radius 3 is 2.35 bits per heavy atom. The topological polar surface area (TPSA) is 124 Å². The molecule has 0 radical (unpaired) electrons. The van der Waals surface area contributed by atoms with Crippen molar-refractivity contribution in [3.63, 3.8) is 0 Å². The van der Waals surface area contributed by atoms with Crippen LogP contribution in [0, 0.1) is 11.8 Å². The molecule has 43 heavy (non-hydrogen) atoms. The molecule has 3 aliphatic heterocycles. The molecule has 4 N–H and O–H groups in total. The molecule has 4 amide bonds. The number of primary amides is 1. The maximum absolute atomic E-state index is 12.8. The van der Waals surface area contributed by atoms with E-state index in [0.29, 0.717) is 22.9 Å². The van der Waals surface area contributed by atoms with Crippen LogP contribution in [-0.4, -0.2) is 87.7 Å². The number of carbonyl (C=O) groups excluding carboxylic acids is 3. The number of pyridine rings is 1. The Kier molecular flexibility index (Phi) is 14.1. The first-order valence-corrected chi connectivity index (χ1v) is 17.0. The summed E-state index contributed by atoms with van der Waals surface area (Å²) in [5.41, 5.74) is 5.23. The van der Waals surface area contributed by atoms with Crippen molar-refractivity contribution >= 4 is 47.0 Å². The van der Waals surface area contributed by atoms with Gasteiger partial charge in [0.15, 0.2) is 0 Å². The molecule has 0 aliphatic carbocycles. The molecule has 2 fully saturated rings. The average Bonchev–Trinajstić information content (AvgIpc) is 3.46. The second kappa shape index (κ2) is 17.2. The lowest BCUT2D eigenvalue weighted by molar-refractivity contribution is -0.126. The van der Waals surface area contributed by atoms with Gasteiger partial charge >= 0.3 is 6.03 Å². The standard InChI is InChI=1S/C22H32ClN5O2S.C9H18N2O/c1-4-5-9-27-13-19(31-14-27)18-11-16(8-10-28(18)15(2)3)21(29)26-22(30)25-20-7-6-17(23)12-24-20;1-7(2)11-5-3-8(4-6-11)9(10)12/h6-7,12-13,15-16,18H,4-5,8-11,14H2,1-3H3,(H2,24,25,26,29,30);7-8H,3-6H2,1-2H3,(H2,10,12). The van der Waals surface area contributed by atoms with Crippen LogP contribution in [0.15, 0.2) is 29.4 Å². The number of anilines is 1. The number of rotatable bonds is 9. The van der Waals surface area contributed by atoms with Gasteiger partial charge in [-0.3, -0.25) is 25.1 Å². The van der Waals surface area contributed by atoms with Gasteiger partial charge in [0.2, 0.25) is 11.8 Å². The number of halogens is 1. The summed E-state index contributed by atoms with van der Waals surface area (Å²) in [6.45, 7) is 14.9. The van der Waals surface area contributed by atoms with E-state index in [-0.39, 0.29) is 29.7 Å². The van der Waals surface area contributed by atoms with E-state index in [1.165, 1.54) is 23.9 Å². The third kappa shape index (κ3) is 11.0. The third-order valence-corrected chi connectivity index (χ3v) is 9.78. The SMILES string of the molecule is CC(C)N1CCC(C(N)=O)CC1.CCCCN1C=C(C2CC(C(=O)NC(=O)Nc3ccc(Cl)cn3)CCN2C(C)C)SC1. The van der Waals surface area contributed by atoms with Gasteiger partial charge in [-0.1, -0.05) is 24.9 Å². The molecular formula is C31H50ClN7O3S. The number of aromatic nitrogens is 1. The number of thioether (sulfide) groups is 1. The van der Waals surface area contributed by atoms with E-state index in [9.17, 15) is 14.4 Å². The Bertz CT molecular complexity index is 1090. The predicted molar refractivity (Wildman–Crippen MR) is 176 cm³/mol. The third-order valence-electron chi connectivity index (χ3n) is 8.38. The van der Waals surface area contributed by atoms with Crippen molar-refractivity contribution in [2.24, 2.45) is 17.6 Å². The number of unbranched alkanes of at least 4 members (excludes halogenated alkanes) is 1. The first-order valence-electron chi connectivity index (χ1n) is 15.6. The van der Waals surface area contributed by atoms with E-state index in [1.807, 2.05) is 11.8 Å². The Morgan fingerprint density at radius 2 is 1.77 bits per heavy atom. The number of nitrogens with zero attached hydrogens (tertiary/aromatic N) is 4. The number of likely N-dealkylation sites (tertiary alicyclic amines) is 2. The van der Waals surface area contributed by atoms with Crippen LogP contribution in [0.4, 0.5) is 10.6 Å². The largest absolute Gasteiger partial charge is 0.369 e. The molecule has 12 heteroatoms. The van der Waals surface area contributed by atoms with Gasteiger partial charge < -0.3 is 15.5 Å². The van der Waals surface area contributed by atoms with Crippen LogP contribution in [0.25, 0.3) is 0 Å². The second-order valence-corrected chi connectivity index (χ2v) is 13.6. The lowest BCUT2D eigenvalue weighted by Gasteiger charge is -2.41. The number of imide groups is 1. The molecule has 2 atom stereocenters. The summed E-state index contributed by atoms with van der Waals surface area (Å²) < 4.78 is 0. The second-order valence-electron chi connectivity index (χ2n) is 12.2. The Morgan fingerprint density at radius 1 is 1.07 bits per heavy atom. The first kappa shape index (κ1) is 35.1. The zero-order valence-electron chi connectivity index (χ0n) is 26.4. The molecule has 10 nitrogen and oxygen atoms in total. The molecule has 4 heterocycles. The van der Waals surface area contributed by atoms with Crippen LogP contribution in [0.5, 0.6) is 0 Å². The number of hydrogen-bond acceptors (Lipinski definition) is 8. The fourth-order valence-electron chi connectivity index (χ4n) is 5.72. The van der Waals surface area contributed by atoms with Crippen molar-refractivity contribution in [3.05, 3.63) is 34.5 Å². The summed E-state index contributed by atoms with van der Waals surface area (Å²) in [5.74, 6) is 0.896. The molecular weight excluding hydrogens is 586 g/mol. The number of urea groups is 1. The van der Waals surface area contributed by atoms with Crippen LogP contribution in [0.2, 0.25) is 5.02 Å². The quantitative estimate of drug-likeness (QED) is 0.342. The number of nitrogens with one attached hydrogen (secondary N) is 2. The smallest absolute Gasteiger partial charge is 0.327 e. The monoisotopic (exact) mass is 635 g/mol. The average molecular weight is 636 g/mol. The molecule has 0 bridgehead atoms. The Balaban J connectivity index is 0.000000353. The number of piperidine rings is 2. The van der Waals surface area contributed by atoms with Crippen molar-refractivity contribution in [1.82, 2.24) is 25.0 Å². The van der Waals surface area contributed by atoms with Crippen LogP contribution >= 0.6 is 23.4 Å². The molecule has 3 aliphatic rings. The Labute approximate surface area is 266 Å². The highest BCUT2D eigenvalue weighted by molar-refractivity contribution is 8.03. The lowest BCUT2D eigenvalue weighted by atomic mass is 9.89. The van der Waals surface area contributed by atoms with E-state index in [0.717, 1.165) is 57.7 Å². The molecule has 2 unspecified atom stereocenters. The zero-order chi connectivity index (χ0) is 31.5. The van der Waals surface area contributed by atoms with Gasteiger partial charge in [-0.25, -0.2) is 9.78 Å². The van der Waals surface area contributed by atoms with E-state index in [4.69, 9.17) is 17.3 Å². The highest BCUT2D eigenvalue weighted by atomic mass is 35.5. The van der Waals surface area contributed by atoms with E-state index in [1.54, 1.807) is 12.1 Å². The van der Waals surface area contributed by atoms with Crippen LogP contribution < -0.4 is 16.4 Å². The van der Waals surface area contributed by atoms with Crippen molar-refractivity contribution < 1.29 is 14.4 Å². The normalized spacial score (nSPS) is 21.8. The molecule has 0 aromatic carbocycles. The number of carbonyl (C=O) groups is 3. The van der Waals surface area contributed by atoms with Crippen molar-refractivity contribution in [2.45, 2.75) is 91.3 Å². The van der Waals surface area contributed by atoms with Gasteiger partial charge in [0.1, 0.15) is 5.82 Å². The van der Waals surface area contributed by atoms with Crippen LogP contribution in [0.3, 0.4) is 0 Å². The number of amides is 4. The molecule has 4 rings (SSSR count). The minimum atomic E-state index is -0.567. The highest BCUT2D eigenvalue weighted by Gasteiger charge is 2.37. The van der Waals surface area contributed by atoms with Crippen LogP contribution in [-0.2, 0) is 9.59 Å². The summed E-state index contributed by atoms with van der Waals surface area (Å²) in [6.07, 6.45) is 9.43. The summed E-state index contributed by atoms with van der Waals surface area (Å²) in [4.78, 5) is 48.5. The van der Waals surface area contributed by atoms with E-state index >= 15 is 0 Å². The number of hydrogen-bond donors (Lipinski definition) is 3.